The van der Waals surface area contributed by atoms with Gasteiger partial charge in [0.05, 0.1) is 7.11 Å². The molecule has 82 valence electrons. The minimum atomic E-state index is -0.0719. The van der Waals surface area contributed by atoms with Crippen LogP contribution < -0.4 is 5.32 Å². The molecule has 0 fully saturated rings. The van der Waals surface area contributed by atoms with Gasteiger partial charge in [0.1, 0.15) is 6.04 Å². The summed E-state index contributed by atoms with van der Waals surface area (Å²) in [6, 6.07) is 9.80. The van der Waals surface area contributed by atoms with Crippen molar-refractivity contribution in [2.75, 3.05) is 12.4 Å². The van der Waals surface area contributed by atoms with E-state index in [-0.39, 0.29) is 11.9 Å². The Bertz CT molecular complexity index is 309. The minimum Gasteiger partial charge on any atom is -0.483 e. The second-order valence-corrected chi connectivity index (χ2v) is 3.80. The molecule has 1 rings (SSSR count). The van der Waals surface area contributed by atoms with Gasteiger partial charge in [-0.1, -0.05) is 32.0 Å². The van der Waals surface area contributed by atoms with Crippen LogP contribution in [0.2, 0.25) is 0 Å². The second-order valence-electron chi connectivity index (χ2n) is 3.80. The highest BCUT2D eigenvalue weighted by atomic mass is 16.5. The largest absolute Gasteiger partial charge is 0.483 e. The van der Waals surface area contributed by atoms with E-state index >= 15 is 0 Å². The van der Waals surface area contributed by atoms with Gasteiger partial charge in [0.25, 0.3) is 0 Å². The summed E-state index contributed by atoms with van der Waals surface area (Å²) in [6.45, 7) is 4.13. The molecule has 0 aliphatic heterocycles. The number of methoxy groups -OCH3 is 1. The van der Waals surface area contributed by atoms with Crippen LogP contribution in [0.4, 0.5) is 5.69 Å². The number of hydrogen-bond donors (Lipinski definition) is 2. The Morgan fingerprint density at radius 2 is 1.87 bits per heavy atom. The molecule has 0 saturated carbocycles. The Hall–Kier alpha value is -1.51. The van der Waals surface area contributed by atoms with Gasteiger partial charge in [-0.2, -0.15) is 0 Å². The summed E-state index contributed by atoms with van der Waals surface area (Å²) in [5.74, 6) is 0.589. The molecule has 1 aromatic carbocycles. The Kier molecular flexibility index (Phi) is 4.16. The van der Waals surface area contributed by atoms with Crippen molar-refractivity contribution in [2.24, 2.45) is 5.92 Å². The number of ether oxygens (including phenoxy) is 1. The predicted octanol–water partition coefficient (Wildman–Crippen LogP) is 2.75. The second kappa shape index (κ2) is 5.39. The first-order chi connectivity index (χ1) is 7.15. The summed E-state index contributed by atoms with van der Waals surface area (Å²) >= 11 is 0. The number of nitrogens with one attached hydrogen (secondary N) is 2. The SMILES string of the molecule is COC(=N)C(Nc1ccccc1)C(C)C. The normalized spacial score (nSPS) is 12.3. The lowest BCUT2D eigenvalue weighted by Crippen LogP contribution is -2.34. The van der Waals surface area contributed by atoms with Crippen LogP contribution in [0.15, 0.2) is 30.3 Å². The Morgan fingerprint density at radius 3 is 2.33 bits per heavy atom. The topological polar surface area (TPSA) is 45.1 Å². The molecule has 0 amide bonds. The first-order valence-electron chi connectivity index (χ1n) is 5.09. The maximum atomic E-state index is 7.69. The van der Waals surface area contributed by atoms with Crippen molar-refractivity contribution in [3.8, 4) is 0 Å². The molecule has 0 aromatic heterocycles. The van der Waals surface area contributed by atoms with Crippen LogP contribution in [0, 0.1) is 11.3 Å². The Labute approximate surface area is 91.0 Å². The van der Waals surface area contributed by atoms with E-state index in [4.69, 9.17) is 10.1 Å². The molecule has 1 aromatic rings. The minimum absolute atomic E-state index is 0.0719. The maximum Gasteiger partial charge on any atom is 0.203 e. The lowest BCUT2D eigenvalue weighted by molar-refractivity contribution is 0.366. The van der Waals surface area contributed by atoms with Gasteiger partial charge in [-0.15, -0.1) is 0 Å². The van der Waals surface area contributed by atoms with Crippen molar-refractivity contribution in [3.05, 3.63) is 30.3 Å². The van der Waals surface area contributed by atoms with Gasteiger partial charge in [0.15, 0.2) is 0 Å². The zero-order valence-corrected chi connectivity index (χ0v) is 9.45. The van der Waals surface area contributed by atoms with E-state index in [0.29, 0.717) is 5.92 Å². The summed E-state index contributed by atoms with van der Waals surface area (Å²) in [5, 5.41) is 11.0. The lowest BCUT2D eigenvalue weighted by atomic mass is 10.0. The molecule has 2 N–H and O–H groups in total. The van der Waals surface area contributed by atoms with Crippen LogP contribution in [0.1, 0.15) is 13.8 Å². The van der Waals surface area contributed by atoms with Gasteiger partial charge in [-0.25, -0.2) is 0 Å². The average molecular weight is 206 g/mol. The van der Waals surface area contributed by atoms with Crippen LogP contribution in [0.3, 0.4) is 0 Å². The van der Waals surface area contributed by atoms with Gasteiger partial charge in [-0.05, 0) is 18.1 Å². The third-order valence-electron chi connectivity index (χ3n) is 2.27. The molecule has 0 bridgehead atoms. The quantitative estimate of drug-likeness (QED) is 0.587. The van der Waals surface area contributed by atoms with E-state index < -0.39 is 0 Å². The molecule has 0 aliphatic rings. The number of anilines is 1. The maximum absolute atomic E-state index is 7.69. The van der Waals surface area contributed by atoms with E-state index in [0.717, 1.165) is 5.69 Å². The number of para-hydroxylation sites is 1. The fraction of sp³-hybridized carbons (Fsp3) is 0.417. The molecule has 1 unspecified atom stereocenters. The highest BCUT2D eigenvalue weighted by molar-refractivity contribution is 5.82. The summed E-state index contributed by atoms with van der Waals surface area (Å²) in [7, 11) is 1.53. The van der Waals surface area contributed by atoms with Crippen LogP contribution >= 0.6 is 0 Å². The number of rotatable bonds is 4. The van der Waals surface area contributed by atoms with E-state index in [9.17, 15) is 0 Å². The molecular formula is C12H18N2O. The molecule has 1 atom stereocenters. The zero-order valence-electron chi connectivity index (χ0n) is 9.45. The van der Waals surface area contributed by atoms with Crippen molar-refractivity contribution >= 4 is 11.6 Å². The summed E-state index contributed by atoms with van der Waals surface area (Å²) in [6.07, 6.45) is 0. The third kappa shape index (κ3) is 3.27. The van der Waals surface area contributed by atoms with Crippen molar-refractivity contribution in [3.63, 3.8) is 0 Å². The highest BCUT2D eigenvalue weighted by Crippen LogP contribution is 2.13. The van der Waals surface area contributed by atoms with Crippen molar-refractivity contribution < 1.29 is 4.74 Å². The van der Waals surface area contributed by atoms with E-state index in [1.165, 1.54) is 7.11 Å². The van der Waals surface area contributed by atoms with Gasteiger partial charge >= 0.3 is 0 Å². The van der Waals surface area contributed by atoms with Crippen molar-refractivity contribution in [1.29, 1.82) is 5.41 Å². The van der Waals surface area contributed by atoms with Gasteiger partial charge < -0.3 is 10.1 Å². The fourth-order valence-electron chi connectivity index (χ4n) is 1.38. The average Bonchev–Trinajstić information content (AvgIpc) is 2.26. The van der Waals surface area contributed by atoms with E-state index in [1.807, 2.05) is 30.3 Å². The highest BCUT2D eigenvalue weighted by Gasteiger charge is 2.18. The zero-order chi connectivity index (χ0) is 11.3. The van der Waals surface area contributed by atoms with Crippen LogP contribution in [0.5, 0.6) is 0 Å². The molecule has 15 heavy (non-hydrogen) atoms. The molecule has 0 saturated heterocycles. The van der Waals surface area contributed by atoms with Crippen LogP contribution in [-0.4, -0.2) is 19.0 Å². The number of benzene rings is 1. The predicted molar refractivity (Wildman–Crippen MR) is 63.4 cm³/mol. The number of hydrogen-bond acceptors (Lipinski definition) is 3. The monoisotopic (exact) mass is 206 g/mol. The van der Waals surface area contributed by atoms with Gasteiger partial charge in [0, 0.05) is 5.69 Å². The smallest absolute Gasteiger partial charge is 0.203 e. The molecule has 0 aliphatic carbocycles. The lowest BCUT2D eigenvalue weighted by Gasteiger charge is -2.22. The van der Waals surface area contributed by atoms with Gasteiger partial charge in [0.2, 0.25) is 5.90 Å². The molecule has 3 nitrogen and oxygen atoms in total. The van der Waals surface area contributed by atoms with Gasteiger partial charge in [-0.3, -0.25) is 5.41 Å². The molecule has 0 heterocycles. The molecule has 0 radical (unpaired) electrons. The van der Waals surface area contributed by atoms with Crippen molar-refractivity contribution in [2.45, 2.75) is 19.9 Å². The third-order valence-corrected chi connectivity index (χ3v) is 2.27. The Balaban J connectivity index is 2.72. The Morgan fingerprint density at radius 1 is 1.27 bits per heavy atom. The van der Waals surface area contributed by atoms with Crippen molar-refractivity contribution in [1.82, 2.24) is 0 Å². The first-order valence-corrected chi connectivity index (χ1v) is 5.09. The van der Waals surface area contributed by atoms with Crippen LogP contribution in [-0.2, 0) is 4.74 Å². The fourth-order valence-corrected chi connectivity index (χ4v) is 1.38. The summed E-state index contributed by atoms with van der Waals surface area (Å²) in [4.78, 5) is 0. The molecule has 0 spiro atoms. The summed E-state index contributed by atoms with van der Waals surface area (Å²) in [5.41, 5.74) is 1.01. The van der Waals surface area contributed by atoms with Crippen LogP contribution in [0.25, 0.3) is 0 Å². The standard InChI is InChI=1S/C12H18N2O/c1-9(2)11(12(13)15-3)14-10-7-5-4-6-8-10/h4-9,11,13-14H,1-3H3. The first kappa shape index (κ1) is 11.6. The summed E-state index contributed by atoms with van der Waals surface area (Å²) < 4.78 is 4.97. The van der Waals surface area contributed by atoms with E-state index in [2.05, 4.69) is 19.2 Å². The molecular weight excluding hydrogens is 188 g/mol. The molecule has 3 heteroatoms. The van der Waals surface area contributed by atoms with E-state index in [1.54, 1.807) is 0 Å².